The average Bonchev–Trinajstić information content (AvgIpc) is 2.85. The first-order valence-electron chi connectivity index (χ1n) is 8.91. The van der Waals surface area contributed by atoms with Gasteiger partial charge in [0.2, 0.25) is 0 Å². The normalized spacial score (nSPS) is 11.8. The Bertz CT molecular complexity index is 736. The minimum absolute atomic E-state index is 0.121. The summed E-state index contributed by atoms with van der Waals surface area (Å²) in [4.78, 5) is 24.0. The van der Waals surface area contributed by atoms with Crippen LogP contribution in [0.25, 0.3) is 6.08 Å². The first-order chi connectivity index (χ1) is 12.1. The highest BCUT2D eigenvalue weighted by molar-refractivity contribution is 5.99. The van der Waals surface area contributed by atoms with Crippen LogP contribution in [0.4, 0.5) is 0 Å². The van der Waals surface area contributed by atoms with Crippen LogP contribution in [0.15, 0.2) is 11.6 Å². The molecule has 1 rings (SSSR count). The van der Waals surface area contributed by atoms with Gasteiger partial charge in [-0.05, 0) is 58.2 Å². The molecule has 0 unspecified atom stereocenters. The minimum atomic E-state index is -0.794. The Labute approximate surface area is 155 Å². The van der Waals surface area contributed by atoms with Crippen LogP contribution in [0.2, 0.25) is 0 Å². The van der Waals surface area contributed by atoms with Crippen molar-refractivity contribution in [3.8, 4) is 6.07 Å². The van der Waals surface area contributed by atoms with Crippen molar-refractivity contribution in [3.05, 3.63) is 28.6 Å². The van der Waals surface area contributed by atoms with E-state index in [0.717, 1.165) is 36.3 Å². The summed E-state index contributed by atoms with van der Waals surface area (Å²) in [5.41, 5.74) is 2.38. The SMILES string of the molecule is CCCn1c(C)cc(/C=C(\C#N)C(=O)OCC(=O)NC(C)(C)CC)c1C. The van der Waals surface area contributed by atoms with Crippen LogP contribution in [0, 0.1) is 25.2 Å². The molecule has 1 aromatic heterocycles. The summed E-state index contributed by atoms with van der Waals surface area (Å²) in [5, 5.41) is 12.1. The first-order valence-corrected chi connectivity index (χ1v) is 8.91. The average molecular weight is 359 g/mol. The number of aromatic nitrogens is 1. The van der Waals surface area contributed by atoms with Gasteiger partial charge in [-0.2, -0.15) is 5.26 Å². The van der Waals surface area contributed by atoms with Crippen LogP contribution >= 0.6 is 0 Å². The number of ether oxygens (including phenoxy) is 1. The maximum Gasteiger partial charge on any atom is 0.349 e. The third kappa shape index (κ3) is 5.76. The molecule has 0 aromatic carbocycles. The Hall–Kier alpha value is -2.55. The van der Waals surface area contributed by atoms with Gasteiger partial charge < -0.3 is 14.6 Å². The van der Waals surface area contributed by atoms with E-state index in [0.29, 0.717) is 0 Å². The zero-order valence-electron chi connectivity index (χ0n) is 16.6. The first kappa shape index (κ1) is 21.5. The number of hydrogen-bond donors (Lipinski definition) is 1. The van der Waals surface area contributed by atoms with E-state index in [1.165, 1.54) is 6.08 Å². The molecule has 0 saturated carbocycles. The molecule has 26 heavy (non-hydrogen) atoms. The van der Waals surface area contributed by atoms with Crippen LogP contribution in [0.3, 0.4) is 0 Å². The van der Waals surface area contributed by atoms with Crippen LogP contribution in [-0.2, 0) is 20.9 Å². The zero-order valence-corrected chi connectivity index (χ0v) is 16.6. The molecule has 0 spiro atoms. The van der Waals surface area contributed by atoms with Gasteiger partial charge in [-0.3, -0.25) is 4.79 Å². The lowest BCUT2D eigenvalue weighted by Crippen LogP contribution is -2.44. The maximum absolute atomic E-state index is 12.1. The number of carbonyl (C=O) groups is 2. The van der Waals surface area contributed by atoms with E-state index in [9.17, 15) is 14.9 Å². The molecular formula is C20H29N3O3. The number of aryl methyl sites for hydroxylation is 1. The lowest BCUT2D eigenvalue weighted by atomic mass is 10.0. The van der Waals surface area contributed by atoms with E-state index >= 15 is 0 Å². The molecule has 0 saturated heterocycles. The van der Waals surface area contributed by atoms with Gasteiger partial charge in [0, 0.05) is 23.5 Å². The number of rotatable bonds is 8. The Kier molecular flexibility index (Phi) is 7.63. The van der Waals surface area contributed by atoms with E-state index in [-0.39, 0.29) is 17.0 Å². The Morgan fingerprint density at radius 1 is 1.35 bits per heavy atom. The Morgan fingerprint density at radius 3 is 2.54 bits per heavy atom. The highest BCUT2D eigenvalue weighted by Gasteiger charge is 2.20. The number of carbonyl (C=O) groups excluding carboxylic acids is 2. The van der Waals surface area contributed by atoms with Crippen molar-refractivity contribution < 1.29 is 14.3 Å². The van der Waals surface area contributed by atoms with E-state index in [2.05, 4.69) is 16.8 Å². The van der Waals surface area contributed by atoms with E-state index in [1.54, 1.807) is 0 Å². The predicted molar refractivity (Wildman–Crippen MR) is 101 cm³/mol. The molecule has 0 bridgehead atoms. The standard InChI is InChI=1S/C20H29N3O3/c1-7-9-23-14(3)10-16(15(23)4)11-17(12-21)19(25)26-13-18(24)22-20(5,6)8-2/h10-11H,7-9,13H2,1-6H3,(H,22,24)/b17-11+. The van der Waals surface area contributed by atoms with Crippen molar-refractivity contribution in [2.24, 2.45) is 0 Å². The summed E-state index contributed by atoms with van der Waals surface area (Å²) in [6, 6.07) is 3.80. The molecule has 0 aliphatic rings. The summed E-state index contributed by atoms with van der Waals surface area (Å²) in [7, 11) is 0. The van der Waals surface area contributed by atoms with Crippen molar-refractivity contribution >= 4 is 18.0 Å². The number of esters is 1. The monoisotopic (exact) mass is 359 g/mol. The van der Waals surface area contributed by atoms with Gasteiger partial charge in [-0.1, -0.05) is 13.8 Å². The van der Waals surface area contributed by atoms with Crippen LogP contribution in [0.5, 0.6) is 0 Å². The second kappa shape index (κ2) is 9.23. The van der Waals surface area contributed by atoms with Gasteiger partial charge in [0.25, 0.3) is 5.91 Å². The number of nitrogens with one attached hydrogen (secondary N) is 1. The van der Waals surface area contributed by atoms with Crippen molar-refractivity contribution in [3.63, 3.8) is 0 Å². The molecule has 142 valence electrons. The van der Waals surface area contributed by atoms with Crippen molar-refractivity contribution in [2.45, 2.75) is 66.5 Å². The highest BCUT2D eigenvalue weighted by Crippen LogP contribution is 2.19. The van der Waals surface area contributed by atoms with Crippen molar-refractivity contribution in [1.82, 2.24) is 9.88 Å². The van der Waals surface area contributed by atoms with Gasteiger partial charge >= 0.3 is 5.97 Å². The molecule has 0 atom stereocenters. The smallest absolute Gasteiger partial charge is 0.349 e. The molecule has 0 aliphatic carbocycles. The van der Waals surface area contributed by atoms with Gasteiger partial charge in [-0.15, -0.1) is 0 Å². The largest absolute Gasteiger partial charge is 0.451 e. The van der Waals surface area contributed by atoms with Gasteiger partial charge in [0.1, 0.15) is 11.6 Å². The summed E-state index contributed by atoms with van der Waals surface area (Å²) >= 11 is 0. The van der Waals surface area contributed by atoms with E-state index in [1.807, 2.05) is 46.8 Å². The minimum Gasteiger partial charge on any atom is -0.451 e. The molecule has 0 aliphatic heterocycles. The van der Waals surface area contributed by atoms with Crippen LogP contribution in [0.1, 0.15) is 57.5 Å². The molecule has 0 fully saturated rings. The number of amides is 1. The summed E-state index contributed by atoms with van der Waals surface area (Å²) in [6.45, 7) is 12.2. The number of nitrogens with zero attached hydrogens (tertiary/aromatic N) is 2. The van der Waals surface area contributed by atoms with Crippen LogP contribution in [-0.4, -0.2) is 28.6 Å². The lowest BCUT2D eigenvalue weighted by molar-refractivity contribution is -0.144. The van der Waals surface area contributed by atoms with Gasteiger partial charge in [-0.25, -0.2) is 4.79 Å². The zero-order chi connectivity index (χ0) is 19.9. The fraction of sp³-hybridized carbons (Fsp3) is 0.550. The fourth-order valence-electron chi connectivity index (χ4n) is 2.54. The molecule has 1 aromatic rings. The topological polar surface area (TPSA) is 84.1 Å². The molecule has 1 amide bonds. The summed E-state index contributed by atoms with van der Waals surface area (Å²) in [6.07, 6.45) is 3.27. The second-order valence-corrected chi connectivity index (χ2v) is 7.01. The molecule has 1 N–H and O–H groups in total. The van der Waals surface area contributed by atoms with Crippen molar-refractivity contribution in [2.75, 3.05) is 6.61 Å². The highest BCUT2D eigenvalue weighted by atomic mass is 16.5. The fourth-order valence-corrected chi connectivity index (χ4v) is 2.54. The second-order valence-electron chi connectivity index (χ2n) is 7.01. The lowest BCUT2D eigenvalue weighted by Gasteiger charge is -2.24. The quantitative estimate of drug-likeness (QED) is 0.439. The summed E-state index contributed by atoms with van der Waals surface area (Å²) in [5.74, 6) is -1.18. The van der Waals surface area contributed by atoms with Gasteiger partial charge in [0.05, 0.1) is 0 Å². The Balaban J connectivity index is 2.84. The molecule has 0 radical (unpaired) electrons. The summed E-state index contributed by atoms with van der Waals surface area (Å²) < 4.78 is 7.14. The van der Waals surface area contributed by atoms with Crippen LogP contribution < -0.4 is 5.32 Å². The number of nitriles is 1. The van der Waals surface area contributed by atoms with E-state index in [4.69, 9.17) is 4.74 Å². The number of hydrogen-bond acceptors (Lipinski definition) is 4. The molecule has 1 heterocycles. The molecule has 6 heteroatoms. The molecule has 6 nitrogen and oxygen atoms in total. The third-order valence-electron chi connectivity index (χ3n) is 4.40. The predicted octanol–water partition coefficient (Wildman–Crippen LogP) is 3.27. The Morgan fingerprint density at radius 2 is 2.00 bits per heavy atom. The van der Waals surface area contributed by atoms with Crippen molar-refractivity contribution in [1.29, 1.82) is 5.26 Å². The molecular weight excluding hydrogens is 330 g/mol. The third-order valence-corrected chi connectivity index (χ3v) is 4.40. The van der Waals surface area contributed by atoms with Gasteiger partial charge in [0.15, 0.2) is 6.61 Å². The maximum atomic E-state index is 12.1. The van der Waals surface area contributed by atoms with E-state index < -0.39 is 12.6 Å².